The van der Waals surface area contributed by atoms with Gasteiger partial charge in [0.05, 0.1) is 6.61 Å². The van der Waals surface area contributed by atoms with Crippen molar-refractivity contribution in [3.05, 3.63) is 105 Å². The molecule has 1 aliphatic heterocycles. The van der Waals surface area contributed by atoms with Crippen LogP contribution < -0.4 is 15.6 Å². The zero-order valence-electron chi connectivity index (χ0n) is 26.8. The first kappa shape index (κ1) is 33.5. The number of fused-ring (bicyclic) bond motifs is 1. The van der Waals surface area contributed by atoms with Crippen molar-refractivity contribution in [1.82, 2.24) is 10.9 Å². The molecule has 0 aromatic heterocycles. The Morgan fingerprint density at radius 2 is 1.74 bits per heavy atom. The Kier molecular flexibility index (Phi) is 10.5. The molecule has 3 aromatic carbocycles. The van der Waals surface area contributed by atoms with Gasteiger partial charge in [-0.25, -0.2) is 10.4 Å². The number of hydrazine groups is 1. The molecule has 12 nitrogen and oxygen atoms in total. The topological polar surface area (TPSA) is 167 Å². The molecule has 0 fully saturated rings. The third-order valence-electron chi connectivity index (χ3n) is 7.97. The summed E-state index contributed by atoms with van der Waals surface area (Å²) in [5.41, 5.74) is 16.8. The number of carbonyl (C=O) groups is 2. The molecule has 5 rings (SSSR count). The molecule has 3 aromatic rings. The van der Waals surface area contributed by atoms with E-state index in [9.17, 15) is 15.1 Å². The summed E-state index contributed by atoms with van der Waals surface area (Å²) in [5.74, 6) is -0.210. The maximum atomic E-state index is 14.5. The van der Waals surface area contributed by atoms with Crippen molar-refractivity contribution in [2.75, 3.05) is 13.2 Å². The number of aliphatic hydroxyl groups is 1. The summed E-state index contributed by atoms with van der Waals surface area (Å²) in [5, 5.41) is 12.9. The van der Waals surface area contributed by atoms with Crippen molar-refractivity contribution in [2.45, 2.75) is 76.2 Å². The smallest absolute Gasteiger partial charge is 0.306 e. The SMILES string of the molecule is CC(C)(C)OC(=O)CC[C@]1(C(=O)NNC2Cc3ccccc3C2)N=C(c2ccc(OCCCO)cc2)O[C@H]1c1ccccc1N=[N+]=[N-]. The fourth-order valence-corrected chi connectivity index (χ4v) is 5.82. The third-order valence-corrected chi connectivity index (χ3v) is 7.97. The van der Waals surface area contributed by atoms with E-state index in [0.29, 0.717) is 29.9 Å². The highest BCUT2D eigenvalue weighted by Crippen LogP contribution is 2.46. The average molecular weight is 641 g/mol. The van der Waals surface area contributed by atoms with E-state index in [1.54, 1.807) is 69.3 Å². The summed E-state index contributed by atoms with van der Waals surface area (Å²) in [6, 6.07) is 22.0. The molecule has 1 heterocycles. The number of hydrogen-bond donors (Lipinski definition) is 3. The van der Waals surface area contributed by atoms with E-state index in [1.165, 1.54) is 11.1 Å². The van der Waals surface area contributed by atoms with Gasteiger partial charge in [0.15, 0.2) is 11.6 Å². The minimum atomic E-state index is -1.65. The number of benzene rings is 3. The second kappa shape index (κ2) is 14.7. The summed E-state index contributed by atoms with van der Waals surface area (Å²) in [6.07, 6.45) is 0.744. The molecular weight excluding hydrogens is 600 g/mol. The van der Waals surface area contributed by atoms with Crippen LogP contribution in [-0.4, -0.2) is 53.3 Å². The monoisotopic (exact) mass is 640 g/mol. The van der Waals surface area contributed by atoms with Crippen LogP contribution >= 0.6 is 0 Å². The predicted molar refractivity (Wildman–Crippen MR) is 176 cm³/mol. The Morgan fingerprint density at radius 3 is 2.40 bits per heavy atom. The Bertz CT molecular complexity index is 1640. The van der Waals surface area contributed by atoms with E-state index >= 15 is 0 Å². The zero-order chi connectivity index (χ0) is 33.4. The van der Waals surface area contributed by atoms with Gasteiger partial charge in [0, 0.05) is 47.2 Å². The highest BCUT2D eigenvalue weighted by Gasteiger charge is 2.54. The van der Waals surface area contributed by atoms with Gasteiger partial charge in [-0.3, -0.25) is 15.0 Å². The average Bonchev–Trinajstić information content (AvgIpc) is 3.65. The summed E-state index contributed by atoms with van der Waals surface area (Å²) >= 11 is 0. The van der Waals surface area contributed by atoms with Gasteiger partial charge in [-0.05, 0) is 81.0 Å². The van der Waals surface area contributed by atoms with Gasteiger partial charge >= 0.3 is 5.97 Å². The number of rotatable bonds is 13. The molecule has 2 aliphatic rings. The second-order valence-corrected chi connectivity index (χ2v) is 12.6. The molecule has 246 valence electrons. The van der Waals surface area contributed by atoms with Crippen LogP contribution in [0.2, 0.25) is 0 Å². The van der Waals surface area contributed by atoms with E-state index in [1.807, 2.05) is 12.1 Å². The van der Waals surface area contributed by atoms with E-state index in [4.69, 9.17) is 24.3 Å². The molecule has 2 atom stereocenters. The Hall–Kier alpha value is -4.90. The lowest BCUT2D eigenvalue weighted by molar-refractivity contribution is -0.155. The van der Waals surface area contributed by atoms with Crippen molar-refractivity contribution in [2.24, 2.45) is 10.1 Å². The highest BCUT2D eigenvalue weighted by molar-refractivity contribution is 6.01. The standard InChI is InChI=1S/C35H40N6O6/c1-34(2,3)47-30(43)17-18-35(33(44)40-38-26-21-24-9-4-5-10-25(24)22-26)31(28-11-6-7-12-29(28)39-41-36)46-32(37-35)23-13-15-27(16-14-23)45-20-8-19-42/h4-7,9-16,26,31,38,42H,8,17-22H2,1-3H3,(H,40,44)/t31-,35-/m0/s1. The van der Waals surface area contributed by atoms with Crippen LogP contribution in [0, 0.1) is 0 Å². The van der Waals surface area contributed by atoms with E-state index in [0.717, 1.165) is 12.8 Å². The summed E-state index contributed by atoms with van der Waals surface area (Å²) < 4.78 is 17.8. The normalized spacial score (nSPS) is 18.8. The van der Waals surface area contributed by atoms with E-state index < -0.39 is 29.1 Å². The lowest BCUT2D eigenvalue weighted by atomic mass is 9.83. The van der Waals surface area contributed by atoms with Crippen LogP contribution in [0.4, 0.5) is 5.69 Å². The highest BCUT2D eigenvalue weighted by atomic mass is 16.6. The van der Waals surface area contributed by atoms with Gasteiger partial charge < -0.3 is 19.3 Å². The summed E-state index contributed by atoms with van der Waals surface area (Å²) in [4.78, 5) is 35.4. The molecule has 0 unspecified atom stereocenters. The number of esters is 1. The molecule has 0 saturated heterocycles. The summed E-state index contributed by atoms with van der Waals surface area (Å²) in [6.45, 7) is 5.72. The van der Waals surface area contributed by atoms with E-state index in [-0.39, 0.29) is 37.1 Å². The number of ether oxygens (including phenoxy) is 3. The first-order chi connectivity index (χ1) is 22.6. The van der Waals surface area contributed by atoms with Crippen LogP contribution in [0.25, 0.3) is 10.4 Å². The molecule has 0 saturated carbocycles. The first-order valence-electron chi connectivity index (χ1n) is 15.7. The minimum Gasteiger partial charge on any atom is -0.494 e. The number of aliphatic hydroxyl groups excluding tert-OH is 1. The van der Waals surface area contributed by atoms with Crippen LogP contribution in [0.3, 0.4) is 0 Å². The largest absolute Gasteiger partial charge is 0.494 e. The van der Waals surface area contributed by atoms with Crippen LogP contribution in [0.5, 0.6) is 5.75 Å². The maximum Gasteiger partial charge on any atom is 0.306 e. The lowest BCUT2D eigenvalue weighted by Gasteiger charge is -2.32. The van der Waals surface area contributed by atoms with Crippen molar-refractivity contribution in [3.63, 3.8) is 0 Å². The molecular formula is C35H40N6O6. The fourth-order valence-electron chi connectivity index (χ4n) is 5.82. The maximum absolute atomic E-state index is 14.5. The number of hydrogen-bond acceptors (Lipinski definition) is 9. The molecule has 0 spiro atoms. The van der Waals surface area contributed by atoms with Gasteiger partial charge in [-0.15, -0.1) is 0 Å². The Balaban J connectivity index is 1.51. The molecule has 0 radical (unpaired) electrons. The van der Waals surface area contributed by atoms with Crippen LogP contribution in [0.1, 0.15) is 68.4 Å². The number of nitrogens with one attached hydrogen (secondary N) is 2. The molecule has 47 heavy (non-hydrogen) atoms. The van der Waals surface area contributed by atoms with Gasteiger partial charge in [0.2, 0.25) is 5.90 Å². The Labute approximate surface area is 273 Å². The van der Waals surface area contributed by atoms with E-state index in [2.05, 4.69) is 33.0 Å². The third kappa shape index (κ3) is 8.10. The van der Waals surface area contributed by atoms with Gasteiger partial charge in [-0.1, -0.05) is 53.6 Å². The van der Waals surface area contributed by atoms with Crippen molar-refractivity contribution >= 4 is 23.5 Å². The van der Waals surface area contributed by atoms with Crippen LogP contribution in [-0.2, 0) is 31.9 Å². The number of aliphatic imine (C=N–C) groups is 1. The van der Waals surface area contributed by atoms with Crippen molar-refractivity contribution < 1.29 is 28.9 Å². The number of carbonyl (C=O) groups excluding carboxylic acids is 2. The first-order valence-corrected chi connectivity index (χ1v) is 15.7. The molecule has 1 amide bonds. The zero-order valence-corrected chi connectivity index (χ0v) is 26.8. The van der Waals surface area contributed by atoms with Crippen molar-refractivity contribution in [1.29, 1.82) is 0 Å². The number of amides is 1. The summed E-state index contributed by atoms with van der Waals surface area (Å²) in [7, 11) is 0. The van der Waals surface area contributed by atoms with Gasteiger partial charge in [0.1, 0.15) is 11.4 Å². The van der Waals surface area contributed by atoms with Gasteiger partial charge in [-0.2, -0.15) is 0 Å². The predicted octanol–water partition coefficient (Wildman–Crippen LogP) is 5.56. The molecule has 0 bridgehead atoms. The number of nitrogens with zero attached hydrogens (tertiary/aromatic N) is 4. The molecule has 1 aliphatic carbocycles. The Morgan fingerprint density at radius 1 is 1.06 bits per heavy atom. The fraction of sp³-hybridized carbons (Fsp3) is 0.400. The molecule has 3 N–H and O–H groups in total. The minimum absolute atomic E-state index is 0.0252. The lowest BCUT2D eigenvalue weighted by Crippen LogP contribution is -2.55. The molecule has 12 heteroatoms. The van der Waals surface area contributed by atoms with Crippen molar-refractivity contribution in [3.8, 4) is 5.75 Å². The second-order valence-electron chi connectivity index (χ2n) is 12.6. The quantitative estimate of drug-likeness (QED) is 0.0549. The van der Waals surface area contributed by atoms with Gasteiger partial charge in [0.25, 0.3) is 5.91 Å². The van der Waals surface area contributed by atoms with Crippen LogP contribution in [0.15, 0.2) is 82.9 Å². The number of azide groups is 1.